The van der Waals surface area contributed by atoms with Crippen LogP contribution in [0, 0.1) is 0 Å². The Morgan fingerprint density at radius 3 is 2.25 bits per heavy atom. The number of hydrogen-bond donors (Lipinski definition) is 2. The lowest BCUT2D eigenvalue weighted by molar-refractivity contribution is -0.120. The van der Waals surface area contributed by atoms with Gasteiger partial charge < -0.3 is 5.73 Å². The lowest BCUT2D eigenvalue weighted by atomic mass is 10.1. The maximum atomic E-state index is 11.6. The Labute approximate surface area is 127 Å². The molecular formula is C15H14Cl2N2O. The normalized spacial score (nSPS) is 12.1. The third kappa shape index (κ3) is 3.97. The molecule has 3 nitrogen and oxygen atoms in total. The van der Waals surface area contributed by atoms with Crippen molar-refractivity contribution in [1.82, 2.24) is 5.32 Å². The topological polar surface area (TPSA) is 55.1 Å². The summed E-state index contributed by atoms with van der Waals surface area (Å²) in [5, 5.41) is 4.06. The molecule has 20 heavy (non-hydrogen) atoms. The van der Waals surface area contributed by atoms with Gasteiger partial charge in [-0.05, 0) is 29.3 Å². The van der Waals surface area contributed by atoms with Gasteiger partial charge in [0.2, 0.25) is 5.91 Å². The molecule has 2 aromatic carbocycles. The average Bonchev–Trinajstić information content (AvgIpc) is 2.38. The monoisotopic (exact) mass is 308 g/mol. The highest BCUT2D eigenvalue weighted by Gasteiger charge is 2.18. The molecule has 0 spiro atoms. The molecule has 0 saturated heterocycles. The van der Waals surface area contributed by atoms with E-state index in [0.717, 1.165) is 5.56 Å². The molecule has 0 aliphatic heterocycles. The van der Waals surface area contributed by atoms with Gasteiger partial charge in [0, 0.05) is 16.6 Å². The number of nitrogens with two attached hydrogens (primary N) is 1. The highest BCUT2D eigenvalue weighted by Crippen LogP contribution is 2.23. The number of carbonyl (C=O) groups excluding carboxylic acids is 1. The average molecular weight is 309 g/mol. The number of primary amides is 1. The minimum absolute atomic E-state index is 0.472. The third-order valence-electron chi connectivity index (χ3n) is 2.86. The molecule has 3 N–H and O–H groups in total. The molecule has 0 heterocycles. The summed E-state index contributed by atoms with van der Waals surface area (Å²) in [6.07, 6.45) is 0. The van der Waals surface area contributed by atoms with Gasteiger partial charge in [-0.25, -0.2) is 0 Å². The van der Waals surface area contributed by atoms with Crippen molar-refractivity contribution >= 4 is 29.1 Å². The smallest absolute Gasteiger partial charge is 0.239 e. The molecular weight excluding hydrogens is 295 g/mol. The van der Waals surface area contributed by atoms with Crippen molar-refractivity contribution < 1.29 is 4.79 Å². The minimum Gasteiger partial charge on any atom is -0.368 e. The Hall–Kier alpha value is -1.55. The largest absolute Gasteiger partial charge is 0.368 e. The van der Waals surface area contributed by atoms with Crippen LogP contribution >= 0.6 is 23.2 Å². The van der Waals surface area contributed by atoms with Crippen LogP contribution in [0.25, 0.3) is 0 Å². The number of carbonyl (C=O) groups is 1. The second-order valence-corrected chi connectivity index (χ2v) is 5.28. The van der Waals surface area contributed by atoms with Crippen LogP contribution in [0.15, 0.2) is 48.5 Å². The Bertz CT molecular complexity index is 582. The van der Waals surface area contributed by atoms with E-state index in [4.69, 9.17) is 28.9 Å². The summed E-state index contributed by atoms with van der Waals surface area (Å²) in [6.45, 7) is 0.526. The van der Waals surface area contributed by atoms with Gasteiger partial charge in [-0.3, -0.25) is 10.1 Å². The van der Waals surface area contributed by atoms with Gasteiger partial charge in [-0.15, -0.1) is 0 Å². The number of nitrogens with one attached hydrogen (secondary N) is 1. The van der Waals surface area contributed by atoms with Crippen molar-refractivity contribution in [3.63, 3.8) is 0 Å². The molecule has 104 valence electrons. The van der Waals surface area contributed by atoms with E-state index in [-0.39, 0.29) is 0 Å². The summed E-state index contributed by atoms with van der Waals surface area (Å²) in [7, 11) is 0. The number of hydrogen-bond acceptors (Lipinski definition) is 2. The fourth-order valence-electron chi connectivity index (χ4n) is 1.94. The van der Waals surface area contributed by atoms with Crippen LogP contribution in [0.1, 0.15) is 17.2 Å². The predicted molar refractivity (Wildman–Crippen MR) is 81.7 cm³/mol. The van der Waals surface area contributed by atoms with E-state index in [1.54, 1.807) is 18.2 Å². The molecule has 0 bridgehead atoms. The highest BCUT2D eigenvalue weighted by atomic mass is 35.5. The second-order valence-electron chi connectivity index (χ2n) is 4.40. The first kappa shape index (κ1) is 14.9. The molecule has 2 aromatic rings. The van der Waals surface area contributed by atoms with E-state index in [1.807, 2.05) is 30.3 Å². The fourth-order valence-corrected chi connectivity index (χ4v) is 2.48. The molecule has 0 radical (unpaired) electrons. The van der Waals surface area contributed by atoms with Gasteiger partial charge in [0.15, 0.2) is 0 Å². The Kier molecular flexibility index (Phi) is 5.01. The van der Waals surface area contributed by atoms with Crippen LogP contribution in [-0.4, -0.2) is 5.91 Å². The van der Waals surface area contributed by atoms with E-state index in [0.29, 0.717) is 22.2 Å². The van der Waals surface area contributed by atoms with Gasteiger partial charge in [0.05, 0.1) is 0 Å². The van der Waals surface area contributed by atoms with Gasteiger partial charge in [-0.1, -0.05) is 53.5 Å². The summed E-state index contributed by atoms with van der Waals surface area (Å²) in [5.74, 6) is -0.473. The first-order valence-corrected chi connectivity index (χ1v) is 6.84. The second kappa shape index (κ2) is 6.75. The zero-order valence-electron chi connectivity index (χ0n) is 10.6. The van der Waals surface area contributed by atoms with Crippen LogP contribution < -0.4 is 11.1 Å². The molecule has 1 atom stereocenters. The zero-order valence-corrected chi connectivity index (χ0v) is 12.2. The van der Waals surface area contributed by atoms with Gasteiger partial charge in [-0.2, -0.15) is 0 Å². The van der Waals surface area contributed by atoms with Crippen LogP contribution in [0.4, 0.5) is 0 Å². The summed E-state index contributed by atoms with van der Waals surface area (Å²) in [6, 6.07) is 14.1. The molecule has 5 heteroatoms. The first-order chi connectivity index (χ1) is 9.56. The summed E-state index contributed by atoms with van der Waals surface area (Å²) < 4.78 is 0. The number of halogens is 2. The van der Waals surface area contributed by atoms with Gasteiger partial charge >= 0.3 is 0 Å². The lowest BCUT2D eigenvalue weighted by Gasteiger charge is -2.16. The highest BCUT2D eigenvalue weighted by molar-refractivity contribution is 6.34. The SMILES string of the molecule is NC(=O)C(NCc1ccccc1)c1cc(Cl)cc(Cl)c1. The molecule has 1 amide bonds. The van der Waals surface area contributed by atoms with E-state index in [2.05, 4.69) is 5.32 Å². The summed E-state index contributed by atoms with van der Waals surface area (Å²) in [5.41, 5.74) is 7.17. The molecule has 0 aliphatic rings. The first-order valence-electron chi connectivity index (χ1n) is 6.09. The third-order valence-corrected chi connectivity index (χ3v) is 3.29. The Morgan fingerprint density at radius 1 is 1.10 bits per heavy atom. The molecule has 1 unspecified atom stereocenters. The number of amides is 1. The van der Waals surface area contributed by atoms with Crippen LogP contribution in [-0.2, 0) is 11.3 Å². The van der Waals surface area contributed by atoms with Gasteiger partial charge in [0.25, 0.3) is 0 Å². The lowest BCUT2D eigenvalue weighted by Crippen LogP contribution is -2.33. The van der Waals surface area contributed by atoms with E-state index < -0.39 is 11.9 Å². The maximum Gasteiger partial charge on any atom is 0.239 e. The van der Waals surface area contributed by atoms with Crippen molar-refractivity contribution in [2.75, 3.05) is 0 Å². The quantitative estimate of drug-likeness (QED) is 0.890. The minimum atomic E-state index is -0.633. The van der Waals surface area contributed by atoms with Gasteiger partial charge in [0.1, 0.15) is 6.04 Å². The summed E-state index contributed by atoms with van der Waals surface area (Å²) in [4.78, 5) is 11.6. The predicted octanol–water partition coefficient (Wildman–Crippen LogP) is 3.31. The Balaban J connectivity index is 2.17. The maximum absolute atomic E-state index is 11.6. The van der Waals surface area contributed by atoms with E-state index in [9.17, 15) is 4.79 Å². The number of rotatable bonds is 5. The van der Waals surface area contributed by atoms with Crippen molar-refractivity contribution in [2.45, 2.75) is 12.6 Å². The molecule has 0 aromatic heterocycles. The molecule has 0 aliphatic carbocycles. The zero-order chi connectivity index (χ0) is 14.5. The van der Waals surface area contributed by atoms with Crippen molar-refractivity contribution in [3.05, 3.63) is 69.7 Å². The van der Waals surface area contributed by atoms with Crippen LogP contribution in [0.2, 0.25) is 10.0 Å². The molecule has 0 saturated carbocycles. The van der Waals surface area contributed by atoms with Crippen LogP contribution in [0.3, 0.4) is 0 Å². The molecule has 2 rings (SSSR count). The van der Waals surface area contributed by atoms with Crippen molar-refractivity contribution in [1.29, 1.82) is 0 Å². The van der Waals surface area contributed by atoms with E-state index in [1.165, 1.54) is 0 Å². The Morgan fingerprint density at radius 2 is 1.70 bits per heavy atom. The van der Waals surface area contributed by atoms with Crippen molar-refractivity contribution in [3.8, 4) is 0 Å². The molecule has 0 fully saturated rings. The fraction of sp³-hybridized carbons (Fsp3) is 0.133. The number of benzene rings is 2. The summed E-state index contributed by atoms with van der Waals surface area (Å²) >= 11 is 11.9. The standard InChI is InChI=1S/C15H14Cl2N2O/c16-12-6-11(7-13(17)8-12)14(15(18)20)19-9-10-4-2-1-3-5-10/h1-8,14,19H,9H2,(H2,18,20). The van der Waals surface area contributed by atoms with Crippen molar-refractivity contribution in [2.24, 2.45) is 5.73 Å². The van der Waals surface area contributed by atoms with Crippen LogP contribution in [0.5, 0.6) is 0 Å². The van der Waals surface area contributed by atoms with E-state index >= 15 is 0 Å².